The third kappa shape index (κ3) is 9.15. The molecular formula is C30H38O8. The van der Waals surface area contributed by atoms with Crippen LogP contribution >= 0.6 is 0 Å². The molecule has 2 aliphatic carbocycles. The van der Waals surface area contributed by atoms with Gasteiger partial charge in [0.15, 0.2) is 23.1 Å². The van der Waals surface area contributed by atoms with Crippen LogP contribution < -0.4 is 0 Å². The molecule has 38 heavy (non-hydrogen) atoms. The van der Waals surface area contributed by atoms with Crippen molar-refractivity contribution in [2.24, 2.45) is 5.41 Å². The standard InChI is InChI=1S/C30H38O8/c1-29(2,28(36)37)13-7-5-9-20-15-24(32)17-22(26(20)34)11-12-23-18-25(33)16-21(27(23)35)10-6-8-14-30(3,4)38-19-31/h15-19H,5-14H2,1-4H3,(H,36,37). The lowest BCUT2D eigenvalue weighted by Gasteiger charge is -2.22. The van der Waals surface area contributed by atoms with Crippen LogP contribution in [0.3, 0.4) is 0 Å². The third-order valence-corrected chi connectivity index (χ3v) is 7.02. The molecule has 0 bridgehead atoms. The average molecular weight is 527 g/mol. The molecule has 0 aromatic rings. The first-order valence-electron chi connectivity index (χ1n) is 13.1. The largest absolute Gasteiger partial charge is 0.481 e. The average Bonchev–Trinajstić information content (AvgIpc) is 2.82. The molecule has 1 N–H and O–H groups in total. The zero-order valence-electron chi connectivity index (χ0n) is 22.8. The second-order valence-corrected chi connectivity index (χ2v) is 11.2. The third-order valence-electron chi connectivity index (χ3n) is 7.02. The number of hydrogen-bond donors (Lipinski definition) is 1. The van der Waals surface area contributed by atoms with Crippen molar-refractivity contribution < 1.29 is 38.6 Å². The minimum Gasteiger partial charge on any atom is -0.481 e. The molecule has 206 valence electrons. The molecule has 8 heteroatoms. The highest BCUT2D eigenvalue weighted by Crippen LogP contribution is 2.29. The van der Waals surface area contributed by atoms with Gasteiger partial charge in [-0.15, -0.1) is 0 Å². The van der Waals surface area contributed by atoms with E-state index in [1.807, 2.05) is 13.8 Å². The highest BCUT2D eigenvalue weighted by Gasteiger charge is 2.28. The lowest BCUT2D eigenvalue weighted by atomic mass is 9.84. The number of carboxylic acid groups (broad SMARTS) is 1. The molecule has 0 fully saturated rings. The zero-order chi connectivity index (χ0) is 28.5. The summed E-state index contributed by atoms with van der Waals surface area (Å²) in [4.78, 5) is 72.2. The van der Waals surface area contributed by atoms with E-state index in [4.69, 9.17) is 4.74 Å². The van der Waals surface area contributed by atoms with Crippen LogP contribution in [0.25, 0.3) is 0 Å². The lowest BCUT2D eigenvalue weighted by molar-refractivity contribution is -0.147. The maximum absolute atomic E-state index is 13.0. The number of hydrogen-bond acceptors (Lipinski definition) is 7. The molecule has 0 spiro atoms. The number of carboxylic acids is 1. The van der Waals surface area contributed by atoms with E-state index in [0.29, 0.717) is 80.1 Å². The van der Waals surface area contributed by atoms with Gasteiger partial charge in [0, 0.05) is 22.3 Å². The van der Waals surface area contributed by atoms with Crippen molar-refractivity contribution in [3.63, 3.8) is 0 Å². The summed E-state index contributed by atoms with van der Waals surface area (Å²) in [5, 5.41) is 9.23. The van der Waals surface area contributed by atoms with Crippen molar-refractivity contribution in [3.8, 4) is 0 Å². The zero-order valence-corrected chi connectivity index (χ0v) is 22.8. The molecule has 0 aliphatic heterocycles. The van der Waals surface area contributed by atoms with E-state index >= 15 is 0 Å². The lowest BCUT2D eigenvalue weighted by Crippen LogP contribution is -2.23. The van der Waals surface area contributed by atoms with E-state index < -0.39 is 17.0 Å². The Morgan fingerprint density at radius 2 is 1.11 bits per heavy atom. The van der Waals surface area contributed by atoms with Gasteiger partial charge >= 0.3 is 5.97 Å². The first-order valence-corrected chi connectivity index (χ1v) is 13.1. The van der Waals surface area contributed by atoms with Crippen LogP contribution in [0.4, 0.5) is 0 Å². The predicted molar refractivity (Wildman–Crippen MR) is 141 cm³/mol. The van der Waals surface area contributed by atoms with Gasteiger partial charge < -0.3 is 9.84 Å². The van der Waals surface area contributed by atoms with E-state index in [-0.39, 0.29) is 36.0 Å². The molecule has 0 saturated heterocycles. The molecule has 0 aromatic heterocycles. The maximum Gasteiger partial charge on any atom is 0.309 e. The van der Waals surface area contributed by atoms with Gasteiger partial charge in [0.05, 0.1) is 5.41 Å². The van der Waals surface area contributed by atoms with Crippen LogP contribution in [-0.4, -0.2) is 46.3 Å². The molecule has 8 nitrogen and oxygen atoms in total. The molecule has 2 rings (SSSR count). The summed E-state index contributed by atoms with van der Waals surface area (Å²) in [5.41, 5.74) is 0.0128. The SMILES string of the molecule is CC(C)(CCCCC1=CC(=O)C=C(CCC2=CC(=O)C=C(CCCCC(C)(C)C(=O)O)C2=O)C1=O)OC=O. The van der Waals surface area contributed by atoms with Crippen LogP contribution in [0, 0.1) is 5.41 Å². The van der Waals surface area contributed by atoms with Crippen LogP contribution in [-0.2, 0) is 33.5 Å². The number of aliphatic carboxylic acids is 1. The molecule has 0 radical (unpaired) electrons. The van der Waals surface area contributed by atoms with Gasteiger partial charge in [-0.3, -0.25) is 28.8 Å². The first kappa shape index (κ1) is 30.8. The number of Topliss-reactive ketones (excluding diaryl/α,β-unsaturated/α-hetero) is 2. The summed E-state index contributed by atoms with van der Waals surface area (Å²) in [6.45, 7) is 7.35. The molecule has 0 aromatic carbocycles. The van der Waals surface area contributed by atoms with Gasteiger partial charge in [-0.25, -0.2) is 0 Å². The minimum absolute atomic E-state index is 0.170. The topological polar surface area (TPSA) is 132 Å². The van der Waals surface area contributed by atoms with Gasteiger partial charge in [-0.2, -0.15) is 0 Å². The fraction of sp³-hybridized carbons (Fsp3) is 0.533. The van der Waals surface area contributed by atoms with E-state index in [9.17, 15) is 33.9 Å². The number of rotatable bonds is 16. The second kappa shape index (κ2) is 13.4. The first-order chi connectivity index (χ1) is 17.8. The van der Waals surface area contributed by atoms with Gasteiger partial charge in [-0.05, 0) is 110 Å². The van der Waals surface area contributed by atoms with Crippen LogP contribution in [0.2, 0.25) is 0 Å². The Balaban J connectivity index is 1.89. The smallest absolute Gasteiger partial charge is 0.309 e. The molecule has 0 amide bonds. The van der Waals surface area contributed by atoms with Crippen molar-refractivity contribution in [1.29, 1.82) is 0 Å². The highest BCUT2D eigenvalue weighted by molar-refractivity contribution is 6.21. The van der Waals surface area contributed by atoms with E-state index in [1.54, 1.807) is 13.8 Å². The van der Waals surface area contributed by atoms with Gasteiger partial charge in [0.1, 0.15) is 5.60 Å². The second-order valence-electron chi connectivity index (χ2n) is 11.2. The Morgan fingerprint density at radius 1 is 0.711 bits per heavy atom. The van der Waals surface area contributed by atoms with Crippen LogP contribution in [0.15, 0.2) is 46.6 Å². The van der Waals surface area contributed by atoms with Crippen LogP contribution in [0.5, 0.6) is 0 Å². The monoisotopic (exact) mass is 526 g/mol. The summed E-state index contributed by atoms with van der Waals surface area (Å²) in [7, 11) is 0. The molecule has 0 heterocycles. The molecule has 0 atom stereocenters. The van der Waals surface area contributed by atoms with Crippen molar-refractivity contribution in [2.75, 3.05) is 0 Å². The fourth-order valence-electron chi connectivity index (χ4n) is 4.50. The molecule has 0 unspecified atom stereocenters. The highest BCUT2D eigenvalue weighted by atomic mass is 16.5. The van der Waals surface area contributed by atoms with Crippen molar-refractivity contribution >= 4 is 35.6 Å². The maximum atomic E-state index is 13.0. The Morgan fingerprint density at radius 3 is 1.50 bits per heavy atom. The predicted octanol–water partition coefficient (Wildman–Crippen LogP) is 4.96. The van der Waals surface area contributed by atoms with Gasteiger partial charge in [0.2, 0.25) is 0 Å². The van der Waals surface area contributed by atoms with Crippen molar-refractivity contribution in [1.82, 2.24) is 0 Å². The van der Waals surface area contributed by atoms with Gasteiger partial charge in [-0.1, -0.05) is 6.42 Å². The number of unbranched alkanes of at least 4 members (excludes halogenated alkanes) is 2. The summed E-state index contributed by atoms with van der Waals surface area (Å²) >= 11 is 0. The molecule has 0 saturated carbocycles. The molecular weight excluding hydrogens is 488 g/mol. The number of ketones is 4. The quantitative estimate of drug-likeness (QED) is 0.170. The molecule has 2 aliphatic rings. The van der Waals surface area contributed by atoms with E-state index in [0.717, 1.165) is 0 Å². The normalized spacial score (nSPS) is 16.5. The number of carbonyl (C=O) groups excluding carboxylic acids is 5. The Hall–Kier alpha value is -3.42. The Labute approximate surface area is 223 Å². The minimum atomic E-state index is -0.873. The van der Waals surface area contributed by atoms with E-state index in [2.05, 4.69) is 0 Å². The van der Waals surface area contributed by atoms with Crippen molar-refractivity contribution in [3.05, 3.63) is 46.6 Å². The summed E-state index contributed by atoms with van der Waals surface area (Å²) < 4.78 is 5.03. The van der Waals surface area contributed by atoms with Crippen LogP contribution in [0.1, 0.15) is 91.9 Å². The van der Waals surface area contributed by atoms with Gasteiger partial charge in [0.25, 0.3) is 6.47 Å². The number of allylic oxidation sites excluding steroid dienone is 8. The summed E-state index contributed by atoms with van der Waals surface area (Å²) in [6.07, 6.45) is 10.0. The van der Waals surface area contributed by atoms with E-state index in [1.165, 1.54) is 24.3 Å². The Kier molecular flexibility index (Phi) is 10.9. The fourth-order valence-corrected chi connectivity index (χ4v) is 4.50. The summed E-state index contributed by atoms with van der Waals surface area (Å²) in [6, 6.07) is 0. The Bertz CT molecular complexity index is 1110. The number of carbonyl (C=O) groups is 6. The number of ether oxygens (including phenoxy) is 1. The summed E-state index contributed by atoms with van der Waals surface area (Å²) in [5.74, 6) is -1.90. The van der Waals surface area contributed by atoms with Crippen molar-refractivity contribution in [2.45, 2.75) is 97.5 Å².